The predicted octanol–water partition coefficient (Wildman–Crippen LogP) is 3.18. The summed E-state index contributed by atoms with van der Waals surface area (Å²) in [6, 6.07) is 6.18. The molecule has 1 heterocycles. The summed E-state index contributed by atoms with van der Waals surface area (Å²) in [5.41, 5.74) is 9.40. The fourth-order valence-corrected chi connectivity index (χ4v) is 2.31. The Hall–Kier alpha value is -0.800. The maximum Gasteiger partial charge on any atom is 0.0458 e. The van der Waals surface area contributed by atoms with Crippen LogP contribution in [0.1, 0.15) is 18.9 Å². The van der Waals surface area contributed by atoms with Crippen LogP contribution in [0.2, 0.25) is 0 Å². The first-order chi connectivity index (χ1) is 7.65. The largest absolute Gasteiger partial charge is 0.398 e. The van der Waals surface area contributed by atoms with E-state index in [4.69, 9.17) is 5.73 Å². The molecule has 0 saturated heterocycles. The van der Waals surface area contributed by atoms with E-state index in [1.165, 1.54) is 17.6 Å². The number of nitrogen functional groups attached to an aromatic ring is 1. The van der Waals surface area contributed by atoms with Crippen LogP contribution < -0.4 is 5.73 Å². The minimum atomic E-state index is 0.804. The monoisotopic (exact) mass is 280 g/mol. The number of halogens is 1. The lowest BCUT2D eigenvalue weighted by Gasteiger charge is -2.25. The van der Waals surface area contributed by atoms with Crippen molar-refractivity contribution in [1.29, 1.82) is 0 Å². The Bertz CT molecular complexity index is 412. The predicted molar refractivity (Wildman–Crippen MR) is 72.2 cm³/mol. The van der Waals surface area contributed by atoms with Gasteiger partial charge < -0.3 is 5.73 Å². The second kappa shape index (κ2) is 5.02. The zero-order chi connectivity index (χ0) is 11.5. The van der Waals surface area contributed by atoms with Gasteiger partial charge in [-0.05, 0) is 47.0 Å². The molecule has 86 valence electrons. The molecular formula is C13H17BrN2. The lowest BCUT2D eigenvalue weighted by atomic mass is 10.1. The van der Waals surface area contributed by atoms with E-state index in [9.17, 15) is 0 Å². The third kappa shape index (κ3) is 2.86. The normalized spacial score (nSPS) is 17.2. The van der Waals surface area contributed by atoms with Gasteiger partial charge in [0, 0.05) is 29.8 Å². The molecule has 0 fully saturated rings. The average molecular weight is 281 g/mol. The molecule has 16 heavy (non-hydrogen) atoms. The number of hydrogen-bond acceptors (Lipinski definition) is 2. The molecule has 2 nitrogen and oxygen atoms in total. The molecule has 0 aliphatic carbocycles. The van der Waals surface area contributed by atoms with E-state index in [2.05, 4.69) is 46.0 Å². The number of benzene rings is 1. The molecule has 0 unspecified atom stereocenters. The maximum absolute atomic E-state index is 5.77. The highest BCUT2D eigenvalue weighted by Gasteiger charge is 2.09. The Morgan fingerprint density at radius 2 is 2.25 bits per heavy atom. The summed E-state index contributed by atoms with van der Waals surface area (Å²) in [4.78, 5) is 2.45. The van der Waals surface area contributed by atoms with Crippen molar-refractivity contribution < 1.29 is 0 Å². The van der Waals surface area contributed by atoms with E-state index in [0.717, 1.165) is 29.8 Å². The third-order valence-corrected chi connectivity index (χ3v) is 3.68. The zero-order valence-electron chi connectivity index (χ0n) is 9.54. The molecule has 1 aromatic rings. The Kier molecular flexibility index (Phi) is 3.66. The van der Waals surface area contributed by atoms with Gasteiger partial charge in [-0.15, -0.1) is 0 Å². The zero-order valence-corrected chi connectivity index (χ0v) is 11.1. The van der Waals surface area contributed by atoms with Gasteiger partial charge in [-0.1, -0.05) is 17.7 Å². The Balaban J connectivity index is 2.02. The maximum atomic E-state index is 5.77. The molecule has 0 aromatic heterocycles. The van der Waals surface area contributed by atoms with E-state index in [1.807, 2.05) is 6.07 Å². The summed E-state index contributed by atoms with van der Waals surface area (Å²) in [6.45, 7) is 5.43. The molecule has 0 atom stereocenters. The van der Waals surface area contributed by atoms with E-state index < -0.39 is 0 Å². The van der Waals surface area contributed by atoms with Gasteiger partial charge in [-0.2, -0.15) is 0 Å². The van der Waals surface area contributed by atoms with Crippen LogP contribution in [0.15, 0.2) is 34.3 Å². The van der Waals surface area contributed by atoms with Crippen LogP contribution in [0.25, 0.3) is 0 Å². The van der Waals surface area contributed by atoms with Crippen molar-refractivity contribution in [3.05, 3.63) is 39.9 Å². The van der Waals surface area contributed by atoms with Gasteiger partial charge in [0.15, 0.2) is 0 Å². The quantitative estimate of drug-likeness (QED) is 0.666. The smallest absolute Gasteiger partial charge is 0.0458 e. The van der Waals surface area contributed by atoms with Crippen molar-refractivity contribution in [3.8, 4) is 0 Å². The van der Waals surface area contributed by atoms with Crippen LogP contribution in [0.3, 0.4) is 0 Å². The molecule has 3 heteroatoms. The van der Waals surface area contributed by atoms with Crippen molar-refractivity contribution in [2.24, 2.45) is 0 Å². The van der Waals surface area contributed by atoms with Crippen molar-refractivity contribution in [2.75, 3.05) is 18.8 Å². The molecule has 2 N–H and O–H groups in total. The van der Waals surface area contributed by atoms with Crippen molar-refractivity contribution in [1.82, 2.24) is 4.90 Å². The number of rotatable bonds is 2. The van der Waals surface area contributed by atoms with E-state index in [-0.39, 0.29) is 0 Å². The lowest BCUT2D eigenvalue weighted by Crippen LogP contribution is -2.27. The highest BCUT2D eigenvalue weighted by Crippen LogP contribution is 2.22. The topological polar surface area (TPSA) is 29.3 Å². The number of hydrogen-bond donors (Lipinski definition) is 1. The fraction of sp³-hybridized carbons (Fsp3) is 0.385. The van der Waals surface area contributed by atoms with Crippen LogP contribution in [0.5, 0.6) is 0 Å². The molecule has 0 radical (unpaired) electrons. The van der Waals surface area contributed by atoms with Crippen LogP contribution in [0, 0.1) is 0 Å². The molecular weight excluding hydrogens is 264 g/mol. The second-order valence-electron chi connectivity index (χ2n) is 4.39. The van der Waals surface area contributed by atoms with Crippen LogP contribution in [0.4, 0.5) is 5.69 Å². The van der Waals surface area contributed by atoms with Gasteiger partial charge in [0.1, 0.15) is 0 Å². The summed E-state index contributed by atoms with van der Waals surface area (Å²) in [5, 5.41) is 0. The fourth-order valence-electron chi connectivity index (χ4n) is 1.88. The van der Waals surface area contributed by atoms with Gasteiger partial charge in [-0.25, -0.2) is 0 Å². The molecule has 0 spiro atoms. The van der Waals surface area contributed by atoms with E-state index in [1.54, 1.807) is 0 Å². The van der Waals surface area contributed by atoms with Crippen LogP contribution in [-0.4, -0.2) is 18.0 Å². The lowest BCUT2D eigenvalue weighted by molar-refractivity contribution is 0.286. The van der Waals surface area contributed by atoms with Crippen molar-refractivity contribution in [3.63, 3.8) is 0 Å². The Morgan fingerprint density at radius 1 is 1.44 bits per heavy atom. The first-order valence-electron chi connectivity index (χ1n) is 5.57. The minimum absolute atomic E-state index is 0.804. The molecule has 0 amide bonds. The number of nitrogens with two attached hydrogens (primary N) is 1. The molecule has 0 bridgehead atoms. The molecule has 1 aliphatic heterocycles. The van der Waals surface area contributed by atoms with Crippen LogP contribution >= 0.6 is 15.9 Å². The Labute approximate surface area is 105 Å². The van der Waals surface area contributed by atoms with Crippen molar-refractivity contribution in [2.45, 2.75) is 19.9 Å². The third-order valence-electron chi connectivity index (χ3n) is 2.99. The minimum Gasteiger partial charge on any atom is -0.398 e. The number of nitrogens with zero attached hydrogens (tertiary/aromatic N) is 1. The van der Waals surface area contributed by atoms with Gasteiger partial charge >= 0.3 is 0 Å². The average Bonchev–Trinajstić information content (AvgIpc) is 2.27. The standard InChI is InChI=1S/C13H17BrN2/c1-10-4-6-16(7-5-10)9-11-2-3-13(15)12(14)8-11/h2-4,8H,5-7,9,15H2,1H3. The van der Waals surface area contributed by atoms with Crippen LogP contribution in [-0.2, 0) is 6.54 Å². The first kappa shape index (κ1) is 11.7. The summed E-state index contributed by atoms with van der Waals surface area (Å²) in [7, 11) is 0. The molecule has 0 saturated carbocycles. The highest BCUT2D eigenvalue weighted by molar-refractivity contribution is 9.10. The number of anilines is 1. The van der Waals surface area contributed by atoms with Gasteiger partial charge in [-0.3, -0.25) is 4.90 Å². The summed E-state index contributed by atoms with van der Waals surface area (Å²) >= 11 is 3.46. The summed E-state index contributed by atoms with van der Waals surface area (Å²) in [6.07, 6.45) is 3.51. The Morgan fingerprint density at radius 3 is 2.88 bits per heavy atom. The molecule has 1 aliphatic rings. The summed E-state index contributed by atoms with van der Waals surface area (Å²) in [5.74, 6) is 0. The van der Waals surface area contributed by atoms with Crippen molar-refractivity contribution >= 4 is 21.6 Å². The highest BCUT2D eigenvalue weighted by atomic mass is 79.9. The second-order valence-corrected chi connectivity index (χ2v) is 5.25. The molecule has 2 rings (SSSR count). The van der Waals surface area contributed by atoms with E-state index >= 15 is 0 Å². The SMILES string of the molecule is CC1=CCN(Cc2ccc(N)c(Br)c2)CC1. The van der Waals surface area contributed by atoms with Gasteiger partial charge in [0.25, 0.3) is 0 Å². The van der Waals surface area contributed by atoms with Gasteiger partial charge in [0.2, 0.25) is 0 Å². The van der Waals surface area contributed by atoms with E-state index in [0.29, 0.717) is 0 Å². The first-order valence-corrected chi connectivity index (χ1v) is 6.36. The summed E-state index contributed by atoms with van der Waals surface area (Å²) < 4.78 is 0.994. The van der Waals surface area contributed by atoms with Gasteiger partial charge in [0.05, 0.1) is 0 Å². The molecule has 1 aromatic carbocycles.